The lowest BCUT2D eigenvalue weighted by molar-refractivity contribution is -0.137. The van der Waals surface area contributed by atoms with Gasteiger partial charge >= 0.3 is 0 Å². The summed E-state index contributed by atoms with van der Waals surface area (Å²) in [6.07, 6.45) is 4.28. The van der Waals surface area contributed by atoms with E-state index in [1.165, 1.54) is 0 Å². The van der Waals surface area contributed by atoms with Crippen LogP contribution in [0.15, 0.2) is 0 Å². The Morgan fingerprint density at radius 1 is 1.28 bits per heavy atom. The molecule has 4 nitrogen and oxygen atoms in total. The van der Waals surface area contributed by atoms with E-state index in [2.05, 4.69) is 13.8 Å². The van der Waals surface area contributed by atoms with Gasteiger partial charge in [0.15, 0.2) is 0 Å². The molecule has 0 saturated carbocycles. The van der Waals surface area contributed by atoms with Crippen LogP contribution in [-0.4, -0.2) is 47.3 Å². The van der Waals surface area contributed by atoms with Gasteiger partial charge in [0.05, 0.1) is 0 Å². The molecule has 2 aliphatic heterocycles. The van der Waals surface area contributed by atoms with Crippen LogP contribution in [0, 0.1) is 5.92 Å². The molecule has 102 valence electrons. The van der Waals surface area contributed by atoms with Crippen molar-refractivity contribution in [1.82, 2.24) is 9.80 Å². The summed E-state index contributed by atoms with van der Waals surface area (Å²) >= 11 is 0. The summed E-state index contributed by atoms with van der Waals surface area (Å²) in [5, 5.41) is 0. The first-order valence-corrected chi connectivity index (χ1v) is 7.15. The van der Waals surface area contributed by atoms with E-state index in [1.54, 1.807) is 0 Å². The molecule has 0 aliphatic carbocycles. The number of carbonyl (C=O) groups excluding carboxylic acids is 2. The third-order valence-corrected chi connectivity index (χ3v) is 3.96. The first-order chi connectivity index (χ1) is 8.58. The molecule has 2 rings (SSSR count). The molecule has 0 radical (unpaired) electrons. The molecule has 0 spiro atoms. The summed E-state index contributed by atoms with van der Waals surface area (Å²) in [5.41, 5.74) is 0. The topological polar surface area (TPSA) is 40.6 Å². The summed E-state index contributed by atoms with van der Waals surface area (Å²) in [4.78, 5) is 28.0. The van der Waals surface area contributed by atoms with Crippen molar-refractivity contribution >= 4 is 11.8 Å². The van der Waals surface area contributed by atoms with Crippen LogP contribution in [0.5, 0.6) is 0 Å². The van der Waals surface area contributed by atoms with E-state index < -0.39 is 0 Å². The van der Waals surface area contributed by atoms with E-state index in [0.29, 0.717) is 31.3 Å². The zero-order valence-corrected chi connectivity index (χ0v) is 11.5. The summed E-state index contributed by atoms with van der Waals surface area (Å²) in [6.45, 7) is 6.47. The maximum atomic E-state index is 12.1. The van der Waals surface area contributed by atoms with E-state index in [4.69, 9.17) is 0 Å². The van der Waals surface area contributed by atoms with Crippen molar-refractivity contribution in [2.24, 2.45) is 5.92 Å². The predicted octanol–water partition coefficient (Wildman–Crippen LogP) is 1.65. The standard InChI is InChI=1S/C14H24N2O2/c1-11(2)10-14(18)15-8-5-12-4-3-7-16(12)13(17)6-9-15/h11-12H,3-10H2,1-2H3. The lowest BCUT2D eigenvalue weighted by Gasteiger charge is -2.32. The van der Waals surface area contributed by atoms with Gasteiger partial charge in [-0.05, 0) is 25.2 Å². The number of amides is 2. The van der Waals surface area contributed by atoms with Gasteiger partial charge in [-0.1, -0.05) is 13.8 Å². The van der Waals surface area contributed by atoms with Gasteiger partial charge in [0.2, 0.25) is 11.8 Å². The highest BCUT2D eigenvalue weighted by atomic mass is 16.2. The molecule has 1 unspecified atom stereocenters. The van der Waals surface area contributed by atoms with Crippen molar-refractivity contribution < 1.29 is 9.59 Å². The highest BCUT2D eigenvalue weighted by Gasteiger charge is 2.31. The van der Waals surface area contributed by atoms with Gasteiger partial charge in [-0.2, -0.15) is 0 Å². The van der Waals surface area contributed by atoms with Gasteiger partial charge in [-0.15, -0.1) is 0 Å². The van der Waals surface area contributed by atoms with Crippen molar-refractivity contribution in [3.8, 4) is 0 Å². The third-order valence-electron chi connectivity index (χ3n) is 3.96. The average Bonchev–Trinajstić information content (AvgIpc) is 2.73. The molecule has 2 fully saturated rings. The molecule has 2 heterocycles. The number of hydrogen-bond donors (Lipinski definition) is 0. The maximum Gasteiger partial charge on any atom is 0.224 e. The van der Waals surface area contributed by atoms with Gasteiger partial charge in [-0.3, -0.25) is 9.59 Å². The quantitative estimate of drug-likeness (QED) is 0.749. The highest BCUT2D eigenvalue weighted by Crippen LogP contribution is 2.23. The fourth-order valence-corrected chi connectivity index (χ4v) is 2.98. The molecular formula is C14H24N2O2. The van der Waals surface area contributed by atoms with E-state index in [1.807, 2.05) is 9.80 Å². The Labute approximate surface area is 109 Å². The minimum Gasteiger partial charge on any atom is -0.342 e. The molecule has 2 saturated heterocycles. The van der Waals surface area contributed by atoms with Crippen LogP contribution in [0.3, 0.4) is 0 Å². The minimum atomic E-state index is 0.212. The van der Waals surface area contributed by atoms with Gasteiger partial charge in [0.1, 0.15) is 0 Å². The summed E-state index contributed by atoms with van der Waals surface area (Å²) in [7, 11) is 0. The van der Waals surface area contributed by atoms with Crippen LogP contribution in [0.4, 0.5) is 0 Å². The molecule has 4 heteroatoms. The van der Waals surface area contributed by atoms with Crippen molar-refractivity contribution in [2.75, 3.05) is 19.6 Å². The van der Waals surface area contributed by atoms with Crippen molar-refractivity contribution in [2.45, 2.75) is 52.0 Å². The van der Waals surface area contributed by atoms with Crippen LogP contribution in [-0.2, 0) is 9.59 Å². The Morgan fingerprint density at radius 2 is 2.06 bits per heavy atom. The fraction of sp³-hybridized carbons (Fsp3) is 0.857. The molecule has 0 aromatic carbocycles. The monoisotopic (exact) mass is 252 g/mol. The SMILES string of the molecule is CC(C)CC(=O)N1CCC(=O)N2CCCC2CC1. The molecular weight excluding hydrogens is 228 g/mol. The van der Waals surface area contributed by atoms with Gasteiger partial charge in [0, 0.05) is 38.5 Å². The smallest absolute Gasteiger partial charge is 0.224 e. The van der Waals surface area contributed by atoms with Crippen LogP contribution in [0.2, 0.25) is 0 Å². The predicted molar refractivity (Wildman–Crippen MR) is 70.0 cm³/mol. The number of hydrogen-bond acceptors (Lipinski definition) is 2. The molecule has 0 aromatic rings. The number of nitrogens with zero attached hydrogens (tertiary/aromatic N) is 2. The Balaban J connectivity index is 1.95. The van der Waals surface area contributed by atoms with E-state index in [9.17, 15) is 9.59 Å². The number of rotatable bonds is 2. The zero-order chi connectivity index (χ0) is 13.1. The maximum absolute atomic E-state index is 12.1. The largest absolute Gasteiger partial charge is 0.342 e. The van der Waals surface area contributed by atoms with E-state index in [0.717, 1.165) is 32.4 Å². The molecule has 0 N–H and O–H groups in total. The van der Waals surface area contributed by atoms with Gasteiger partial charge < -0.3 is 9.80 Å². The summed E-state index contributed by atoms with van der Waals surface area (Å²) in [5.74, 6) is 0.838. The van der Waals surface area contributed by atoms with Crippen LogP contribution in [0.1, 0.15) is 46.0 Å². The zero-order valence-electron chi connectivity index (χ0n) is 11.5. The van der Waals surface area contributed by atoms with Crippen LogP contribution >= 0.6 is 0 Å². The van der Waals surface area contributed by atoms with Gasteiger partial charge in [-0.25, -0.2) is 0 Å². The summed E-state index contributed by atoms with van der Waals surface area (Å²) in [6, 6.07) is 0.382. The molecule has 0 aromatic heterocycles. The van der Waals surface area contributed by atoms with Gasteiger partial charge in [0.25, 0.3) is 0 Å². The lowest BCUT2D eigenvalue weighted by Crippen LogP contribution is -2.45. The van der Waals surface area contributed by atoms with E-state index >= 15 is 0 Å². The summed E-state index contributed by atoms with van der Waals surface area (Å²) < 4.78 is 0. The second-order valence-corrected chi connectivity index (χ2v) is 5.90. The Hall–Kier alpha value is -1.06. The first kappa shape index (κ1) is 13.4. The highest BCUT2D eigenvalue weighted by molar-refractivity contribution is 5.80. The second kappa shape index (κ2) is 5.72. The average molecular weight is 252 g/mol. The fourth-order valence-electron chi connectivity index (χ4n) is 2.98. The molecule has 2 aliphatic rings. The lowest BCUT2D eigenvalue weighted by atomic mass is 10.1. The molecule has 0 bridgehead atoms. The first-order valence-electron chi connectivity index (χ1n) is 7.15. The molecule has 18 heavy (non-hydrogen) atoms. The Bertz CT molecular complexity index is 328. The molecule has 1 atom stereocenters. The van der Waals surface area contributed by atoms with Crippen molar-refractivity contribution in [3.05, 3.63) is 0 Å². The number of fused-ring (bicyclic) bond motifs is 1. The van der Waals surface area contributed by atoms with Crippen molar-refractivity contribution in [1.29, 1.82) is 0 Å². The minimum absolute atomic E-state index is 0.212. The van der Waals surface area contributed by atoms with E-state index in [-0.39, 0.29) is 11.8 Å². The second-order valence-electron chi connectivity index (χ2n) is 5.90. The Morgan fingerprint density at radius 3 is 2.78 bits per heavy atom. The third kappa shape index (κ3) is 3.03. The molecule has 2 amide bonds. The number of carbonyl (C=O) groups is 2. The van der Waals surface area contributed by atoms with Crippen molar-refractivity contribution in [3.63, 3.8) is 0 Å². The Kier molecular flexibility index (Phi) is 4.25. The normalized spacial score (nSPS) is 25.1. The van der Waals surface area contributed by atoms with Crippen LogP contribution < -0.4 is 0 Å². The van der Waals surface area contributed by atoms with Crippen LogP contribution in [0.25, 0.3) is 0 Å².